The molecular weight excluding hydrogens is 285 g/mol. The molecule has 2 N–H and O–H groups in total. The molecule has 0 atom stereocenters. The number of nitrogens with one attached hydrogen (secondary N) is 2. The molecule has 0 saturated carbocycles. The maximum Gasteiger partial charge on any atom is 0.416 e. The van der Waals surface area contributed by atoms with Gasteiger partial charge in [0.05, 0.1) is 12.1 Å². The second kappa shape index (κ2) is 6.13. The molecule has 114 valence electrons. The normalized spacial score (nSPS) is 11.9. The van der Waals surface area contributed by atoms with E-state index in [-0.39, 0.29) is 17.7 Å². The highest BCUT2D eigenvalue weighted by atomic mass is 19.4. The van der Waals surface area contributed by atoms with E-state index in [0.717, 1.165) is 12.1 Å². The van der Waals surface area contributed by atoms with E-state index in [1.54, 1.807) is 0 Å². The first kappa shape index (κ1) is 15.3. The lowest BCUT2D eigenvalue weighted by molar-refractivity contribution is -0.137. The van der Waals surface area contributed by atoms with E-state index < -0.39 is 11.7 Å². The molecule has 1 aromatic heterocycles. The third kappa shape index (κ3) is 4.45. The maximum absolute atomic E-state index is 12.6. The Hall–Kier alpha value is -2.09. The molecule has 21 heavy (non-hydrogen) atoms. The molecular formula is C13H15F3N4O. The minimum atomic E-state index is -4.39. The fourth-order valence-electron chi connectivity index (χ4n) is 1.56. The summed E-state index contributed by atoms with van der Waals surface area (Å²) in [4.78, 5) is 0. The van der Waals surface area contributed by atoms with Crippen LogP contribution in [0.5, 0.6) is 0 Å². The van der Waals surface area contributed by atoms with Gasteiger partial charge in [0.25, 0.3) is 0 Å². The largest absolute Gasteiger partial charge is 0.416 e. The van der Waals surface area contributed by atoms with Crippen LogP contribution in [0.4, 0.5) is 24.9 Å². The van der Waals surface area contributed by atoms with Crippen molar-refractivity contribution in [1.82, 2.24) is 15.5 Å². The topological polar surface area (TPSA) is 63.0 Å². The Balaban J connectivity index is 2.05. The Morgan fingerprint density at radius 1 is 1.24 bits per heavy atom. The molecule has 2 rings (SSSR count). The first-order valence-corrected chi connectivity index (χ1v) is 6.34. The predicted molar refractivity (Wildman–Crippen MR) is 71.0 cm³/mol. The van der Waals surface area contributed by atoms with E-state index in [0.29, 0.717) is 12.4 Å². The molecule has 0 aliphatic rings. The van der Waals surface area contributed by atoms with Crippen molar-refractivity contribution in [3.05, 3.63) is 35.7 Å². The van der Waals surface area contributed by atoms with E-state index in [4.69, 9.17) is 4.42 Å². The molecule has 0 aliphatic carbocycles. The van der Waals surface area contributed by atoms with Gasteiger partial charge in [0.2, 0.25) is 5.89 Å². The smallest absolute Gasteiger partial charge is 0.406 e. The van der Waals surface area contributed by atoms with Crippen molar-refractivity contribution in [1.29, 1.82) is 0 Å². The molecule has 0 fully saturated rings. The molecule has 1 aromatic carbocycles. The van der Waals surface area contributed by atoms with Crippen LogP contribution in [0.2, 0.25) is 0 Å². The van der Waals surface area contributed by atoms with Gasteiger partial charge in [0.15, 0.2) is 0 Å². The average Bonchev–Trinajstić information content (AvgIpc) is 2.83. The van der Waals surface area contributed by atoms with Crippen LogP contribution < -0.4 is 10.6 Å². The lowest BCUT2D eigenvalue weighted by atomic mass is 10.2. The number of alkyl halides is 3. The Bertz CT molecular complexity index is 595. The van der Waals surface area contributed by atoms with Crippen molar-refractivity contribution >= 4 is 11.7 Å². The first-order valence-electron chi connectivity index (χ1n) is 6.34. The maximum atomic E-state index is 12.6. The van der Waals surface area contributed by atoms with Gasteiger partial charge in [-0.25, -0.2) is 0 Å². The zero-order valence-electron chi connectivity index (χ0n) is 11.5. The van der Waals surface area contributed by atoms with Crippen LogP contribution in [0, 0.1) is 0 Å². The molecule has 0 unspecified atom stereocenters. The van der Waals surface area contributed by atoms with Gasteiger partial charge in [-0.2, -0.15) is 13.2 Å². The molecule has 0 spiro atoms. The summed E-state index contributed by atoms with van der Waals surface area (Å²) in [5.74, 6) is 0.359. The zero-order valence-corrected chi connectivity index (χ0v) is 11.5. The minimum absolute atomic E-state index is 0.0508. The summed E-state index contributed by atoms with van der Waals surface area (Å²) in [6, 6.07) is 5.09. The van der Waals surface area contributed by atoms with Crippen LogP contribution in [0.15, 0.2) is 28.7 Å². The Labute approximate surface area is 119 Å². The number of nitrogens with zero attached hydrogens (tertiary/aromatic N) is 2. The van der Waals surface area contributed by atoms with Crippen molar-refractivity contribution in [3.63, 3.8) is 0 Å². The van der Waals surface area contributed by atoms with Crippen molar-refractivity contribution in [3.8, 4) is 0 Å². The fourth-order valence-corrected chi connectivity index (χ4v) is 1.56. The highest BCUT2D eigenvalue weighted by Crippen LogP contribution is 2.31. The van der Waals surface area contributed by atoms with E-state index in [1.165, 1.54) is 12.1 Å². The SMILES string of the molecule is CC(C)NCc1nnc(Nc2cccc(C(F)(F)F)c2)o1. The van der Waals surface area contributed by atoms with Crippen LogP contribution in [0.25, 0.3) is 0 Å². The monoisotopic (exact) mass is 300 g/mol. The van der Waals surface area contributed by atoms with E-state index in [1.807, 2.05) is 13.8 Å². The average molecular weight is 300 g/mol. The number of rotatable bonds is 5. The zero-order chi connectivity index (χ0) is 15.5. The molecule has 1 heterocycles. The van der Waals surface area contributed by atoms with Gasteiger partial charge in [0, 0.05) is 11.7 Å². The number of halogens is 3. The second-order valence-corrected chi connectivity index (χ2v) is 4.74. The van der Waals surface area contributed by atoms with Crippen LogP contribution >= 0.6 is 0 Å². The first-order chi connectivity index (χ1) is 9.84. The van der Waals surface area contributed by atoms with Crippen molar-refractivity contribution in [2.45, 2.75) is 32.6 Å². The van der Waals surface area contributed by atoms with Crippen molar-refractivity contribution < 1.29 is 17.6 Å². The summed E-state index contributed by atoms with van der Waals surface area (Å²) >= 11 is 0. The number of benzene rings is 1. The summed E-state index contributed by atoms with van der Waals surface area (Å²) in [6.07, 6.45) is -4.39. The molecule has 8 heteroatoms. The third-order valence-electron chi connectivity index (χ3n) is 2.57. The van der Waals surface area contributed by atoms with Crippen molar-refractivity contribution in [2.75, 3.05) is 5.32 Å². The van der Waals surface area contributed by atoms with Crippen LogP contribution in [0.1, 0.15) is 25.3 Å². The van der Waals surface area contributed by atoms with Gasteiger partial charge >= 0.3 is 12.2 Å². The molecule has 0 amide bonds. The second-order valence-electron chi connectivity index (χ2n) is 4.74. The lowest BCUT2D eigenvalue weighted by Gasteiger charge is -2.08. The fraction of sp³-hybridized carbons (Fsp3) is 0.385. The number of hydrogen-bond acceptors (Lipinski definition) is 5. The summed E-state index contributed by atoms with van der Waals surface area (Å²) in [5, 5.41) is 13.3. The van der Waals surface area contributed by atoms with Gasteiger partial charge in [-0.1, -0.05) is 25.0 Å². The number of aromatic nitrogens is 2. The Morgan fingerprint density at radius 3 is 2.67 bits per heavy atom. The Morgan fingerprint density at radius 2 is 2.00 bits per heavy atom. The third-order valence-corrected chi connectivity index (χ3v) is 2.57. The van der Waals surface area contributed by atoms with E-state index >= 15 is 0 Å². The molecule has 0 saturated heterocycles. The Kier molecular flexibility index (Phi) is 4.46. The lowest BCUT2D eigenvalue weighted by Crippen LogP contribution is -2.21. The quantitative estimate of drug-likeness (QED) is 0.887. The van der Waals surface area contributed by atoms with E-state index in [9.17, 15) is 13.2 Å². The van der Waals surface area contributed by atoms with Crippen LogP contribution in [0.3, 0.4) is 0 Å². The molecule has 0 radical (unpaired) electrons. The molecule has 0 bridgehead atoms. The summed E-state index contributed by atoms with van der Waals surface area (Å²) in [6.45, 7) is 4.34. The van der Waals surface area contributed by atoms with E-state index in [2.05, 4.69) is 20.8 Å². The van der Waals surface area contributed by atoms with Gasteiger partial charge in [-0.05, 0) is 18.2 Å². The standard InChI is InChI=1S/C13H15F3N4O/c1-8(2)17-7-11-19-20-12(21-11)18-10-5-3-4-9(6-10)13(14,15)16/h3-6,8,17H,7H2,1-2H3,(H,18,20). The van der Waals surface area contributed by atoms with Crippen LogP contribution in [-0.4, -0.2) is 16.2 Å². The molecule has 5 nitrogen and oxygen atoms in total. The molecule has 2 aromatic rings. The minimum Gasteiger partial charge on any atom is -0.406 e. The number of anilines is 2. The molecule has 0 aliphatic heterocycles. The highest BCUT2D eigenvalue weighted by Gasteiger charge is 2.30. The van der Waals surface area contributed by atoms with Gasteiger partial charge in [-0.15, -0.1) is 5.10 Å². The summed E-state index contributed by atoms with van der Waals surface area (Å²) < 4.78 is 43.1. The van der Waals surface area contributed by atoms with Gasteiger partial charge in [0.1, 0.15) is 0 Å². The number of hydrogen-bond donors (Lipinski definition) is 2. The van der Waals surface area contributed by atoms with Gasteiger partial charge in [-0.3, -0.25) is 0 Å². The predicted octanol–water partition coefficient (Wildman–Crippen LogP) is 3.33. The summed E-state index contributed by atoms with van der Waals surface area (Å²) in [5.41, 5.74) is -0.509. The summed E-state index contributed by atoms with van der Waals surface area (Å²) in [7, 11) is 0. The highest BCUT2D eigenvalue weighted by molar-refractivity contribution is 5.53. The van der Waals surface area contributed by atoms with Crippen LogP contribution in [-0.2, 0) is 12.7 Å². The van der Waals surface area contributed by atoms with Gasteiger partial charge < -0.3 is 15.1 Å². The van der Waals surface area contributed by atoms with Crippen molar-refractivity contribution in [2.24, 2.45) is 0 Å².